The number of para-hydroxylation sites is 1. The molecule has 0 fully saturated rings. The van der Waals surface area contributed by atoms with Gasteiger partial charge in [0.15, 0.2) is 5.96 Å². The average Bonchev–Trinajstić information content (AvgIpc) is 2.44. The monoisotopic (exact) mass is 277 g/mol. The molecule has 5 heteroatoms. The van der Waals surface area contributed by atoms with E-state index in [0.29, 0.717) is 25.7 Å². The number of aliphatic imine (C=N–C) groups is 1. The van der Waals surface area contributed by atoms with Gasteiger partial charge in [0, 0.05) is 18.7 Å². The van der Waals surface area contributed by atoms with Gasteiger partial charge in [-0.05, 0) is 13.0 Å². The van der Waals surface area contributed by atoms with Gasteiger partial charge in [-0.3, -0.25) is 0 Å². The van der Waals surface area contributed by atoms with Crippen LogP contribution in [0.1, 0.15) is 12.5 Å². The quantitative estimate of drug-likeness (QED) is 0.431. The van der Waals surface area contributed by atoms with E-state index >= 15 is 0 Å². The Kier molecular flexibility index (Phi) is 7.21. The highest BCUT2D eigenvalue weighted by atomic mass is 16.5. The highest BCUT2D eigenvalue weighted by Crippen LogP contribution is 2.18. The minimum Gasteiger partial charge on any atom is -0.489 e. The largest absolute Gasteiger partial charge is 0.489 e. The molecule has 3 N–H and O–H groups in total. The maximum Gasteiger partial charge on any atom is 0.189 e. The first-order valence-corrected chi connectivity index (χ1v) is 6.54. The topological polar surface area (TPSA) is 68.9 Å². The molecule has 0 saturated carbocycles. The molecule has 0 bridgehead atoms. The smallest absolute Gasteiger partial charge is 0.189 e. The lowest BCUT2D eigenvalue weighted by atomic mass is 10.2. The predicted molar refractivity (Wildman–Crippen MR) is 81.9 cm³/mol. The Morgan fingerprint density at radius 1 is 1.50 bits per heavy atom. The Morgan fingerprint density at radius 3 is 2.95 bits per heavy atom. The molecule has 1 aromatic carbocycles. The maximum atomic E-state index is 5.83. The fourth-order valence-corrected chi connectivity index (χ4v) is 1.68. The Hall–Kier alpha value is -2.01. The number of nitrogens with two attached hydrogens (primary N) is 1. The van der Waals surface area contributed by atoms with Gasteiger partial charge in [0.2, 0.25) is 0 Å². The number of nitrogens with one attached hydrogen (secondary N) is 1. The molecule has 5 nitrogen and oxygen atoms in total. The van der Waals surface area contributed by atoms with Crippen LogP contribution in [0.3, 0.4) is 0 Å². The highest BCUT2D eigenvalue weighted by Gasteiger charge is 2.04. The van der Waals surface area contributed by atoms with E-state index in [1.165, 1.54) is 0 Å². The first-order valence-electron chi connectivity index (χ1n) is 6.54. The molecule has 110 valence electrons. The number of ether oxygens (including phenoxy) is 2. The average molecular weight is 277 g/mol. The number of rotatable bonds is 8. The van der Waals surface area contributed by atoms with Crippen molar-refractivity contribution in [2.75, 3.05) is 20.3 Å². The Labute approximate surface area is 120 Å². The zero-order chi connectivity index (χ0) is 14.8. The van der Waals surface area contributed by atoms with Crippen LogP contribution in [0.15, 0.2) is 41.9 Å². The van der Waals surface area contributed by atoms with Gasteiger partial charge >= 0.3 is 0 Å². The number of hydrogen-bond acceptors (Lipinski definition) is 3. The zero-order valence-electron chi connectivity index (χ0n) is 12.1. The van der Waals surface area contributed by atoms with Crippen LogP contribution in [-0.2, 0) is 11.3 Å². The molecule has 0 aliphatic rings. The fraction of sp³-hybridized carbons (Fsp3) is 0.400. The van der Waals surface area contributed by atoms with Crippen molar-refractivity contribution >= 4 is 5.96 Å². The van der Waals surface area contributed by atoms with Crippen LogP contribution in [0, 0.1) is 0 Å². The third-order valence-electron chi connectivity index (χ3n) is 2.56. The third kappa shape index (κ3) is 5.75. The van der Waals surface area contributed by atoms with E-state index < -0.39 is 0 Å². The minimum absolute atomic E-state index is 0.121. The summed E-state index contributed by atoms with van der Waals surface area (Å²) in [6.45, 7) is 7.13. The molecule has 0 aromatic heterocycles. The summed E-state index contributed by atoms with van der Waals surface area (Å²) in [4.78, 5) is 4.31. The standard InChI is InChI=1S/C15H23N3O2/c1-4-9-20-14-8-6-5-7-13(14)10-17-15(16)18-12(2)11-19-3/h4-8,12H,1,9-11H2,2-3H3,(H3,16,17,18). The third-order valence-corrected chi connectivity index (χ3v) is 2.56. The van der Waals surface area contributed by atoms with E-state index in [2.05, 4.69) is 16.9 Å². The zero-order valence-corrected chi connectivity index (χ0v) is 12.1. The summed E-state index contributed by atoms with van der Waals surface area (Å²) in [6.07, 6.45) is 1.71. The number of benzene rings is 1. The maximum absolute atomic E-state index is 5.83. The van der Waals surface area contributed by atoms with Crippen molar-refractivity contribution in [2.45, 2.75) is 19.5 Å². The number of hydrogen-bond donors (Lipinski definition) is 2. The van der Waals surface area contributed by atoms with Gasteiger partial charge in [0.1, 0.15) is 12.4 Å². The van der Waals surface area contributed by atoms with Crippen LogP contribution < -0.4 is 15.8 Å². The molecule has 1 rings (SSSR count). The molecule has 0 spiro atoms. The molecule has 0 aliphatic heterocycles. The van der Waals surface area contributed by atoms with E-state index in [0.717, 1.165) is 11.3 Å². The molecule has 1 unspecified atom stereocenters. The second-order valence-corrected chi connectivity index (χ2v) is 4.41. The first kappa shape index (κ1) is 16.0. The number of nitrogens with zero attached hydrogens (tertiary/aromatic N) is 1. The summed E-state index contributed by atoms with van der Waals surface area (Å²) in [6, 6.07) is 7.87. The first-order chi connectivity index (χ1) is 9.67. The van der Waals surface area contributed by atoms with Crippen molar-refractivity contribution in [1.29, 1.82) is 0 Å². The minimum atomic E-state index is 0.121. The van der Waals surface area contributed by atoms with E-state index in [1.54, 1.807) is 13.2 Å². The van der Waals surface area contributed by atoms with Crippen molar-refractivity contribution in [3.8, 4) is 5.75 Å². The molecule has 0 aliphatic carbocycles. The van der Waals surface area contributed by atoms with Crippen LogP contribution in [0.2, 0.25) is 0 Å². The lowest BCUT2D eigenvalue weighted by Crippen LogP contribution is -2.40. The van der Waals surface area contributed by atoms with E-state index in [1.807, 2.05) is 31.2 Å². The summed E-state index contributed by atoms with van der Waals surface area (Å²) in [7, 11) is 1.65. The molecule has 20 heavy (non-hydrogen) atoms. The molecule has 1 aromatic rings. The van der Waals surface area contributed by atoms with Crippen LogP contribution in [0.5, 0.6) is 5.75 Å². The van der Waals surface area contributed by atoms with Crippen molar-refractivity contribution in [1.82, 2.24) is 5.32 Å². The van der Waals surface area contributed by atoms with Crippen LogP contribution in [0.4, 0.5) is 0 Å². The lowest BCUT2D eigenvalue weighted by molar-refractivity contribution is 0.179. The van der Waals surface area contributed by atoms with Crippen molar-refractivity contribution in [3.05, 3.63) is 42.5 Å². The van der Waals surface area contributed by atoms with Crippen molar-refractivity contribution in [3.63, 3.8) is 0 Å². The summed E-state index contributed by atoms with van der Waals surface area (Å²) in [5.41, 5.74) is 6.81. The van der Waals surface area contributed by atoms with Gasteiger partial charge in [-0.25, -0.2) is 4.99 Å². The van der Waals surface area contributed by atoms with Gasteiger partial charge in [-0.1, -0.05) is 30.9 Å². The van der Waals surface area contributed by atoms with Crippen molar-refractivity contribution < 1.29 is 9.47 Å². The molecule has 0 heterocycles. The molecule has 1 atom stereocenters. The molecule has 0 amide bonds. The van der Waals surface area contributed by atoms with Gasteiger partial charge < -0.3 is 20.5 Å². The van der Waals surface area contributed by atoms with Crippen molar-refractivity contribution in [2.24, 2.45) is 10.7 Å². The Bertz CT molecular complexity index is 446. The highest BCUT2D eigenvalue weighted by molar-refractivity contribution is 5.78. The summed E-state index contributed by atoms with van der Waals surface area (Å²) in [5, 5.41) is 3.06. The van der Waals surface area contributed by atoms with E-state index in [9.17, 15) is 0 Å². The summed E-state index contributed by atoms with van der Waals surface area (Å²) in [5.74, 6) is 1.20. The molecular formula is C15H23N3O2. The van der Waals surface area contributed by atoms with Crippen LogP contribution in [-0.4, -0.2) is 32.3 Å². The van der Waals surface area contributed by atoms with Gasteiger partial charge in [-0.2, -0.15) is 0 Å². The fourth-order valence-electron chi connectivity index (χ4n) is 1.68. The van der Waals surface area contributed by atoms with Gasteiger partial charge in [0.25, 0.3) is 0 Å². The SMILES string of the molecule is C=CCOc1ccccc1CN=C(N)NC(C)COC. The molecule has 0 saturated heterocycles. The second-order valence-electron chi connectivity index (χ2n) is 4.41. The van der Waals surface area contributed by atoms with Gasteiger partial charge in [-0.15, -0.1) is 0 Å². The predicted octanol–water partition coefficient (Wildman–Crippen LogP) is 1.69. The normalized spacial score (nSPS) is 12.8. The van der Waals surface area contributed by atoms with E-state index in [-0.39, 0.29) is 6.04 Å². The van der Waals surface area contributed by atoms with E-state index in [4.69, 9.17) is 15.2 Å². The molecule has 0 radical (unpaired) electrons. The Balaban J connectivity index is 2.61. The second kappa shape index (κ2) is 8.98. The van der Waals surface area contributed by atoms with Crippen LogP contribution >= 0.6 is 0 Å². The van der Waals surface area contributed by atoms with Crippen LogP contribution in [0.25, 0.3) is 0 Å². The summed E-state index contributed by atoms with van der Waals surface area (Å²) < 4.78 is 10.6. The molecular weight excluding hydrogens is 254 g/mol. The lowest BCUT2D eigenvalue weighted by Gasteiger charge is -2.13. The number of guanidine groups is 1. The number of methoxy groups -OCH3 is 1. The summed E-state index contributed by atoms with van der Waals surface area (Å²) >= 11 is 0. The van der Waals surface area contributed by atoms with Gasteiger partial charge in [0.05, 0.1) is 13.2 Å². The Morgan fingerprint density at radius 2 is 2.25 bits per heavy atom.